The molecule has 0 bridgehead atoms. The van der Waals surface area contributed by atoms with E-state index in [1.807, 2.05) is 12.1 Å². The summed E-state index contributed by atoms with van der Waals surface area (Å²) in [6.45, 7) is 3.98. The second-order valence-electron chi connectivity index (χ2n) is 7.17. The lowest BCUT2D eigenvalue weighted by molar-refractivity contribution is -0.116. The highest BCUT2D eigenvalue weighted by atomic mass is 35.5. The minimum absolute atomic E-state index is 0.169. The van der Waals surface area contributed by atoms with Crippen molar-refractivity contribution >= 4 is 40.5 Å². The van der Waals surface area contributed by atoms with Crippen molar-refractivity contribution in [2.45, 2.75) is 12.3 Å². The molecule has 0 fully saturated rings. The van der Waals surface area contributed by atoms with Crippen molar-refractivity contribution in [2.75, 3.05) is 19.0 Å². The Labute approximate surface area is 194 Å². The van der Waals surface area contributed by atoms with Gasteiger partial charge >= 0.3 is 5.97 Å². The van der Waals surface area contributed by atoms with Crippen molar-refractivity contribution in [3.63, 3.8) is 0 Å². The number of hydrogen-bond acceptors (Lipinski definition) is 5. The Kier molecular flexibility index (Phi) is 6.21. The van der Waals surface area contributed by atoms with Crippen molar-refractivity contribution in [2.24, 2.45) is 0 Å². The largest absolute Gasteiger partial charge is 0.493 e. The summed E-state index contributed by atoms with van der Waals surface area (Å²) in [5.74, 6) is -0.447. The van der Waals surface area contributed by atoms with Gasteiger partial charge in [-0.1, -0.05) is 42.5 Å². The molecule has 1 aliphatic heterocycles. The van der Waals surface area contributed by atoms with Gasteiger partial charge in [0.05, 0.1) is 12.8 Å². The highest BCUT2D eigenvalue weighted by Gasteiger charge is 2.34. The number of rotatable bonds is 7. The van der Waals surface area contributed by atoms with Gasteiger partial charge in [0.15, 0.2) is 11.5 Å². The first kappa shape index (κ1) is 21.9. The van der Waals surface area contributed by atoms with E-state index in [1.54, 1.807) is 43.5 Å². The van der Waals surface area contributed by atoms with Crippen LogP contribution in [0.1, 0.15) is 32.5 Å². The summed E-state index contributed by atoms with van der Waals surface area (Å²) in [5.41, 5.74) is 2.53. The van der Waals surface area contributed by atoms with Crippen LogP contribution in [0.25, 0.3) is 11.1 Å². The van der Waals surface area contributed by atoms with Crippen LogP contribution in [0.4, 0.5) is 5.69 Å². The lowest BCUT2D eigenvalue weighted by Gasteiger charge is -2.24. The van der Waals surface area contributed by atoms with E-state index in [9.17, 15) is 14.7 Å². The van der Waals surface area contributed by atoms with Crippen LogP contribution in [-0.4, -0.2) is 30.7 Å². The van der Waals surface area contributed by atoms with E-state index in [2.05, 4.69) is 11.9 Å². The van der Waals surface area contributed by atoms with Crippen molar-refractivity contribution in [3.05, 3.63) is 75.5 Å². The zero-order valence-electron chi connectivity index (χ0n) is 17.2. The number of amides is 1. The molecule has 164 valence electrons. The van der Waals surface area contributed by atoms with Crippen LogP contribution in [0, 0.1) is 0 Å². The topological polar surface area (TPSA) is 84.9 Å². The minimum atomic E-state index is -1.05. The van der Waals surface area contributed by atoms with E-state index in [0.29, 0.717) is 39.9 Å². The predicted molar refractivity (Wildman–Crippen MR) is 126 cm³/mol. The maximum Gasteiger partial charge on any atom is 0.346 e. The number of hydrogen-bond donors (Lipinski definition) is 2. The zero-order valence-corrected chi connectivity index (χ0v) is 18.8. The number of carbonyl (C=O) groups excluding carboxylic acids is 1. The van der Waals surface area contributed by atoms with Gasteiger partial charge in [0.25, 0.3) is 0 Å². The number of nitrogens with one attached hydrogen (secondary N) is 1. The molecule has 0 saturated carbocycles. The van der Waals surface area contributed by atoms with Crippen LogP contribution in [0.3, 0.4) is 0 Å². The summed E-state index contributed by atoms with van der Waals surface area (Å²) in [5, 5.41) is 13.3. The quantitative estimate of drug-likeness (QED) is 0.426. The van der Waals surface area contributed by atoms with Gasteiger partial charge in [0, 0.05) is 27.8 Å². The van der Waals surface area contributed by atoms with Gasteiger partial charge in [-0.3, -0.25) is 4.79 Å². The average Bonchev–Trinajstić information content (AvgIpc) is 3.17. The van der Waals surface area contributed by atoms with Crippen molar-refractivity contribution in [3.8, 4) is 22.6 Å². The fourth-order valence-electron chi connectivity index (χ4n) is 3.77. The normalized spacial score (nSPS) is 14.9. The van der Waals surface area contributed by atoms with Crippen LogP contribution in [0.15, 0.2) is 55.1 Å². The number of ether oxygens (including phenoxy) is 2. The van der Waals surface area contributed by atoms with Crippen molar-refractivity contribution < 1.29 is 24.2 Å². The molecular weight excluding hydrogens is 450 g/mol. The molecule has 1 aromatic heterocycles. The summed E-state index contributed by atoms with van der Waals surface area (Å²) in [6.07, 6.45) is 1.84. The fourth-order valence-corrected chi connectivity index (χ4v) is 5.14. The molecule has 3 aromatic rings. The summed E-state index contributed by atoms with van der Waals surface area (Å²) in [7, 11) is 1.55. The number of benzene rings is 2. The molecule has 0 radical (unpaired) electrons. The molecule has 2 N–H and O–H groups in total. The van der Waals surface area contributed by atoms with E-state index in [-0.39, 0.29) is 23.1 Å². The summed E-state index contributed by atoms with van der Waals surface area (Å²) in [4.78, 5) is 25.7. The number of anilines is 1. The Balaban J connectivity index is 1.84. The molecule has 32 heavy (non-hydrogen) atoms. The van der Waals surface area contributed by atoms with Gasteiger partial charge in [0.2, 0.25) is 5.91 Å². The standard InChI is InChI=1S/C24H20ClNO5S/c1-3-10-31-17-9-6-14(11-18(17)30-2)16-12-19(27)26-21-20(13-4-7-15(25)8-5-13)23(24(28)29)32-22(16)21/h3-9,11,16H,1,10,12H2,2H3,(H,26,27)(H,28,29)/t16-/m0/s1. The van der Waals surface area contributed by atoms with Crippen LogP contribution < -0.4 is 14.8 Å². The lowest BCUT2D eigenvalue weighted by atomic mass is 9.88. The maximum atomic E-state index is 12.6. The Hall–Kier alpha value is -3.29. The Morgan fingerprint density at radius 2 is 2.03 bits per heavy atom. The zero-order chi connectivity index (χ0) is 22.8. The van der Waals surface area contributed by atoms with Gasteiger partial charge in [-0.05, 0) is 35.4 Å². The summed E-state index contributed by atoms with van der Waals surface area (Å²) < 4.78 is 11.1. The number of methoxy groups -OCH3 is 1. The molecule has 2 heterocycles. The molecule has 6 nitrogen and oxygen atoms in total. The third-order valence-electron chi connectivity index (χ3n) is 5.18. The lowest BCUT2D eigenvalue weighted by Crippen LogP contribution is -2.22. The van der Waals surface area contributed by atoms with Crippen molar-refractivity contribution in [1.29, 1.82) is 0 Å². The molecule has 1 atom stereocenters. The fraction of sp³-hybridized carbons (Fsp3) is 0.167. The second kappa shape index (κ2) is 9.06. The first-order valence-electron chi connectivity index (χ1n) is 9.80. The maximum absolute atomic E-state index is 12.6. The molecule has 1 amide bonds. The number of aromatic carboxylic acids is 1. The van der Waals surface area contributed by atoms with E-state index < -0.39 is 5.97 Å². The number of carboxylic acid groups (broad SMARTS) is 1. The molecular formula is C24H20ClNO5S. The van der Waals surface area contributed by atoms with E-state index in [1.165, 1.54) is 11.3 Å². The Morgan fingerprint density at radius 1 is 1.28 bits per heavy atom. The van der Waals surface area contributed by atoms with Gasteiger partial charge in [-0.2, -0.15) is 0 Å². The third-order valence-corrected chi connectivity index (χ3v) is 6.72. The summed E-state index contributed by atoms with van der Waals surface area (Å²) >= 11 is 7.18. The van der Waals surface area contributed by atoms with Gasteiger partial charge < -0.3 is 19.9 Å². The van der Waals surface area contributed by atoms with Gasteiger partial charge in [0.1, 0.15) is 11.5 Å². The molecule has 2 aromatic carbocycles. The molecule has 0 aliphatic carbocycles. The van der Waals surface area contributed by atoms with Crippen LogP contribution >= 0.6 is 22.9 Å². The minimum Gasteiger partial charge on any atom is -0.493 e. The average molecular weight is 470 g/mol. The number of thiophene rings is 1. The van der Waals surface area contributed by atoms with Crippen molar-refractivity contribution in [1.82, 2.24) is 0 Å². The predicted octanol–water partition coefficient (Wildman–Crippen LogP) is 5.81. The molecule has 0 saturated heterocycles. The Bertz CT molecular complexity index is 1200. The third kappa shape index (κ3) is 4.09. The summed E-state index contributed by atoms with van der Waals surface area (Å²) in [6, 6.07) is 12.4. The van der Waals surface area contributed by atoms with E-state index in [0.717, 1.165) is 10.4 Å². The smallest absolute Gasteiger partial charge is 0.346 e. The molecule has 0 spiro atoms. The SMILES string of the molecule is C=CCOc1ccc([C@@H]2CC(=O)Nc3c2sc(C(=O)O)c3-c2ccc(Cl)cc2)cc1OC. The Morgan fingerprint density at radius 3 is 2.69 bits per heavy atom. The van der Waals surface area contributed by atoms with Crippen LogP contribution in [0.2, 0.25) is 5.02 Å². The van der Waals surface area contributed by atoms with E-state index >= 15 is 0 Å². The van der Waals surface area contributed by atoms with Crippen LogP contribution in [-0.2, 0) is 4.79 Å². The van der Waals surface area contributed by atoms with Crippen LogP contribution in [0.5, 0.6) is 11.5 Å². The highest BCUT2D eigenvalue weighted by Crippen LogP contribution is 2.50. The molecule has 1 aliphatic rings. The number of halogens is 1. The monoisotopic (exact) mass is 469 g/mol. The molecule has 0 unspecified atom stereocenters. The molecule has 8 heteroatoms. The highest BCUT2D eigenvalue weighted by molar-refractivity contribution is 7.15. The number of carboxylic acids is 1. The first-order valence-corrected chi connectivity index (χ1v) is 11.0. The van der Waals surface area contributed by atoms with E-state index in [4.69, 9.17) is 21.1 Å². The molecule has 4 rings (SSSR count). The number of fused-ring (bicyclic) bond motifs is 1. The van der Waals surface area contributed by atoms with Gasteiger partial charge in [-0.15, -0.1) is 11.3 Å². The second-order valence-corrected chi connectivity index (χ2v) is 8.66. The number of carbonyl (C=O) groups is 2. The first-order chi connectivity index (χ1) is 15.4. The van der Waals surface area contributed by atoms with Gasteiger partial charge in [-0.25, -0.2) is 4.79 Å².